The van der Waals surface area contributed by atoms with Gasteiger partial charge in [0.15, 0.2) is 6.10 Å². The van der Waals surface area contributed by atoms with Crippen LogP contribution in [0.5, 0.6) is 0 Å². The van der Waals surface area contributed by atoms with Gasteiger partial charge in [-0.25, -0.2) is 0 Å². The van der Waals surface area contributed by atoms with Crippen molar-refractivity contribution in [3.63, 3.8) is 0 Å². The van der Waals surface area contributed by atoms with Crippen LogP contribution in [0.15, 0.2) is 0 Å². The highest BCUT2D eigenvalue weighted by molar-refractivity contribution is 4.72. The van der Waals surface area contributed by atoms with E-state index in [4.69, 9.17) is 10.2 Å². The van der Waals surface area contributed by atoms with Gasteiger partial charge in [0, 0.05) is 16.8 Å². The highest BCUT2D eigenvalue weighted by Crippen LogP contribution is 2.05. The van der Waals surface area contributed by atoms with Crippen molar-refractivity contribution >= 4 is 0 Å². The molecule has 0 aliphatic carbocycles. The molecule has 0 aromatic rings. The normalized spacial score (nSPS) is 17.5. The molecule has 2 N–H and O–H groups in total. The smallest absolute Gasteiger partial charge is 0.267 e. The number of aliphatic hydroxyl groups excluding tert-OH is 2. The average Bonchev–Trinajstić information content (AvgIpc) is 2.03. The van der Waals surface area contributed by atoms with Crippen molar-refractivity contribution in [2.24, 2.45) is 0 Å². The molecule has 0 saturated heterocycles. The highest BCUT2D eigenvalue weighted by Gasteiger charge is 2.39. The minimum absolute atomic E-state index is 0.836. The Bertz CT molecular complexity index is 207. The summed E-state index contributed by atoms with van der Waals surface area (Å²) < 4.78 is 0. The Morgan fingerprint density at radius 3 is 2.00 bits per heavy atom. The molecule has 0 aliphatic heterocycles. The van der Waals surface area contributed by atoms with Gasteiger partial charge >= 0.3 is 0 Å². The van der Waals surface area contributed by atoms with Crippen LogP contribution >= 0.6 is 0 Å². The van der Waals surface area contributed by atoms with E-state index in [0.717, 1.165) is 6.92 Å². The van der Waals surface area contributed by atoms with Crippen molar-refractivity contribution < 1.29 is 20.1 Å². The standard InChI is InChI=1S/C5H10N2O6/c1-3(6(10)11)5(9)4(2-8)7(12)13/h3-5,8-9H,2H2,1H3. The first-order valence-electron chi connectivity index (χ1n) is 3.47. The first-order valence-corrected chi connectivity index (χ1v) is 3.47. The van der Waals surface area contributed by atoms with Gasteiger partial charge in [-0.2, -0.15) is 0 Å². The van der Waals surface area contributed by atoms with Crippen LogP contribution in [0.1, 0.15) is 6.92 Å². The lowest BCUT2D eigenvalue weighted by Gasteiger charge is -2.14. The van der Waals surface area contributed by atoms with Gasteiger partial charge in [-0.1, -0.05) is 0 Å². The van der Waals surface area contributed by atoms with Crippen LogP contribution in [0.2, 0.25) is 0 Å². The van der Waals surface area contributed by atoms with Crippen LogP contribution in [0, 0.1) is 20.2 Å². The van der Waals surface area contributed by atoms with E-state index in [1.807, 2.05) is 0 Å². The minimum atomic E-state index is -1.78. The molecule has 8 heteroatoms. The topological polar surface area (TPSA) is 127 Å². The van der Waals surface area contributed by atoms with Crippen LogP contribution < -0.4 is 0 Å². The van der Waals surface area contributed by atoms with E-state index >= 15 is 0 Å². The lowest BCUT2D eigenvalue weighted by molar-refractivity contribution is -0.577. The molecule has 76 valence electrons. The second kappa shape index (κ2) is 4.67. The molecule has 0 aromatic carbocycles. The average molecular weight is 194 g/mol. The molecule has 3 unspecified atom stereocenters. The van der Waals surface area contributed by atoms with Gasteiger partial charge in [-0.3, -0.25) is 20.2 Å². The van der Waals surface area contributed by atoms with Crippen molar-refractivity contribution in [1.29, 1.82) is 0 Å². The Morgan fingerprint density at radius 2 is 1.77 bits per heavy atom. The van der Waals surface area contributed by atoms with Crippen molar-refractivity contribution in [3.8, 4) is 0 Å². The fourth-order valence-electron chi connectivity index (χ4n) is 0.746. The molecule has 0 rings (SSSR count). The minimum Gasteiger partial charge on any atom is -0.389 e. The molecule has 0 saturated carbocycles. The number of hydrogen-bond acceptors (Lipinski definition) is 6. The molecule has 0 heterocycles. The molecule has 0 fully saturated rings. The number of rotatable bonds is 5. The Labute approximate surface area is 73.1 Å². The van der Waals surface area contributed by atoms with E-state index in [1.165, 1.54) is 0 Å². The Hall–Kier alpha value is -1.28. The lowest BCUT2D eigenvalue weighted by atomic mass is 10.1. The Morgan fingerprint density at radius 1 is 1.31 bits per heavy atom. The number of nitrogens with zero attached hydrogens (tertiary/aromatic N) is 2. The number of hydrogen-bond donors (Lipinski definition) is 2. The van der Waals surface area contributed by atoms with Gasteiger partial charge in [-0.05, 0) is 0 Å². The van der Waals surface area contributed by atoms with Gasteiger partial charge in [-0.15, -0.1) is 0 Å². The van der Waals surface area contributed by atoms with E-state index in [1.54, 1.807) is 0 Å². The third kappa shape index (κ3) is 2.92. The molecule has 0 radical (unpaired) electrons. The van der Waals surface area contributed by atoms with Crippen LogP contribution in [0.3, 0.4) is 0 Å². The van der Waals surface area contributed by atoms with Gasteiger partial charge in [0.1, 0.15) is 6.61 Å². The lowest BCUT2D eigenvalue weighted by Crippen LogP contribution is -2.46. The monoisotopic (exact) mass is 194 g/mol. The quantitative estimate of drug-likeness (QED) is 0.411. The summed E-state index contributed by atoms with van der Waals surface area (Å²) in [5.74, 6) is 0. The first kappa shape index (κ1) is 11.7. The van der Waals surface area contributed by atoms with Crippen LogP contribution in [0.25, 0.3) is 0 Å². The summed E-state index contributed by atoms with van der Waals surface area (Å²) in [5.41, 5.74) is 0. The molecule has 0 spiro atoms. The number of aliphatic hydroxyl groups is 2. The summed E-state index contributed by atoms with van der Waals surface area (Å²) >= 11 is 0. The molecule has 13 heavy (non-hydrogen) atoms. The summed E-state index contributed by atoms with van der Waals surface area (Å²) in [4.78, 5) is 18.5. The third-order valence-corrected chi connectivity index (χ3v) is 1.68. The molecule has 0 aromatic heterocycles. The fourth-order valence-corrected chi connectivity index (χ4v) is 0.746. The maximum absolute atomic E-state index is 10.2. The van der Waals surface area contributed by atoms with Crippen molar-refractivity contribution in [1.82, 2.24) is 0 Å². The van der Waals surface area contributed by atoms with E-state index in [0.29, 0.717) is 0 Å². The summed E-state index contributed by atoms with van der Waals surface area (Å²) in [6, 6.07) is -3.18. The van der Waals surface area contributed by atoms with E-state index < -0.39 is 34.6 Å². The molecule has 0 amide bonds. The molecular formula is C5H10N2O6. The summed E-state index contributed by atoms with van der Waals surface area (Å²) in [6.45, 7) is 0.114. The van der Waals surface area contributed by atoms with E-state index in [2.05, 4.69) is 0 Å². The third-order valence-electron chi connectivity index (χ3n) is 1.68. The van der Waals surface area contributed by atoms with Crippen molar-refractivity contribution in [2.75, 3.05) is 6.61 Å². The second-order valence-corrected chi connectivity index (χ2v) is 2.55. The first-order chi connectivity index (χ1) is 5.91. The van der Waals surface area contributed by atoms with E-state index in [-0.39, 0.29) is 0 Å². The molecule has 0 aliphatic rings. The van der Waals surface area contributed by atoms with Crippen molar-refractivity contribution in [2.45, 2.75) is 25.1 Å². The number of nitro groups is 2. The highest BCUT2D eigenvalue weighted by atomic mass is 16.6. The van der Waals surface area contributed by atoms with Gasteiger partial charge in [0.25, 0.3) is 6.04 Å². The van der Waals surface area contributed by atoms with Crippen LogP contribution in [-0.4, -0.2) is 44.9 Å². The largest absolute Gasteiger partial charge is 0.389 e. The molecule has 3 atom stereocenters. The Kier molecular flexibility index (Phi) is 4.21. The fraction of sp³-hybridized carbons (Fsp3) is 1.00. The summed E-state index contributed by atoms with van der Waals surface area (Å²) in [5, 5.41) is 37.8. The SMILES string of the molecule is CC(C(O)C(CO)[N+](=O)[O-])[N+](=O)[O-]. The van der Waals surface area contributed by atoms with Gasteiger partial charge < -0.3 is 10.2 Å². The maximum atomic E-state index is 10.2. The zero-order chi connectivity index (χ0) is 10.6. The maximum Gasteiger partial charge on any atom is 0.267 e. The molecule has 0 bridgehead atoms. The summed E-state index contributed by atoms with van der Waals surface area (Å²) in [7, 11) is 0. The van der Waals surface area contributed by atoms with Gasteiger partial charge in [0.2, 0.25) is 6.04 Å². The predicted octanol–water partition coefficient (Wildman–Crippen LogP) is -1.35. The van der Waals surface area contributed by atoms with Crippen LogP contribution in [-0.2, 0) is 0 Å². The molecular weight excluding hydrogens is 184 g/mol. The van der Waals surface area contributed by atoms with Crippen molar-refractivity contribution in [3.05, 3.63) is 20.2 Å². The second-order valence-electron chi connectivity index (χ2n) is 2.55. The summed E-state index contributed by atoms with van der Waals surface area (Å²) in [6.07, 6.45) is -1.78. The Balaban J connectivity index is 4.45. The zero-order valence-corrected chi connectivity index (χ0v) is 6.86. The zero-order valence-electron chi connectivity index (χ0n) is 6.86. The van der Waals surface area contributed by atoms with E-state index in [9.17, 15) is 20.2 Å². The van der Waals surface area contributed by atoms with Crippen LogP contribution in [0.4, 0.5) is 0 Å². The van der Waals surface area contributed by atoms with Gasteiger partial charge in [0.05, 0.1) is 0 Å². The predicted molar refractivity (Wildman–Crippen MR) is 40.3 cm³/mol. The molecule has 8 nitrogen and oxygen atoms in total.